The van der Waals surface area contributed by atoms with Gasteiger partial charge in [0.2, 0.25) is 0 Å². The Morgan fingerprint density at radius 1 is 1.00 bits per heavy atom. The van der Waals surface area contributed by atoms with Gasteiger partial charge in [0.25, 0.3) is 0 Å². The van der Waals surface area contributed by atoms with Crippen LogP contribution in [0.2, 0.25) is 0 Å². The zero-order valence-electron chi connectivity index (χ0n) is 7.09. The molecule has 0 aromatic rings. The Morgan fingerprint density at radius 3 is 2.54 bits per heavy atom. The molecule has 4 aliphatic rings. The van der Waals surface area contributed by atoms with Crippen LogP contribution in [0.5, 0.6) is 0 Å². The smallest absolute Gasteiger partial charge is 0.310 e. The van der Waals surface area contributed by atoms with Crippen LogP contribution in [0.1, 0.15) is 0 Å². The summed E-state index contributed by atoms with van der Waals surface area (Å²) in [6.07, 6.45) is 8.88. The quantitative estimate of drug-likeness (QED) is 0.406. The minimum atomic E-state index is 0.0428. The lowest BCUT2D eigenvalue weighted by Gasteiger charge is -2.16. The van der Waals surface area contributed by atoms with Crippen LogP contribution in [0.3, 0.4) is 0 Å². The van der Waals surface area contributed by atoms with Gasteiger partial charge in [0.1, 0.15) is 6.10 Å². The molecule has 0 aromatic heterocycles. The Labute approximate surface area is 76.3 Å². The molecule has 4 rings (SSSR count). The second-order valence-corrected chi connectivity index (χ2v) is 4.51. The van der Waals surface area contributed by atoms with E-state index < -0.39 is 0 Å². The number of carbonyl (C=O) groups excluding carboxylic acids is 1. The molecule has 0 N–H and O–H groups in total. The van der Waals surface area contributed by atoms with Crippen LogP contribution in [0.4, 0.5) is 0 Å². The molecule has 6 atom stereocenters. The summed E-state index contributed by atoms with van der Waals surface area (Å²) in [6, 6.07) is 0. The number of allylic oxidation sites excluding steroid dienone is 2. The average molecular weight is 174 g/mol. The summed E-state index contributed by atoms with van der Waals surface area (Å²) in [4.78, 5) is 11.5. The molecular weight excluding hydrogens is 164 g/mol. The maximum Gasteiger partial charge on any atom is 0.310 e. The summed E-state index contributed by atoms with van der Waals surface area (Å²) >= 11 is 0. The molecule has 0 radical (unpaired) electrons. The number of fused-ring (bicyclic) bond motifs is 1. The highest BCUT2D eigenvalue weighted by molar-refractivity contribution is 5.78. The van der Waals surface area contributed by atoms with Gasteiger partial charge in [-0.3, -0.25) is 4.79 Å². The first-order chi connectivity index (χ1) is 6.36. The zero-order valence-corrected chi connectivity index (χ0v) is 7.09. The van der Waals surface area contributed by atoms with Crippen LogP contribution in [0.15, 0.2) is 24.3 Å². The molecule has 0 aromatic carbocycles. The van der Waals surface area contributed by atoms with Gasteiger partial charge in [0.05, 0.1) is 5.92 Å². The van der Waals surface area contributed by atoms with Crippen LogP contribution in [-0.2, 0) is 9.53 Å². The highest BCUT2D eigenvalue weighted by Gasteiger charge is 2.63. The number of hydrogen-bond acceptors (Lipinski definition) is 2. The molecule has 0 amide bonds. The molecule has 1 aliphatic heterocycles. The topological polar surface area (TPSA) is 26.3 Å². The maximum atomic E-state index is 11.5. The van der Waals surface area contributed by atoms with Gasteiger partial charge in [-0.2, -0.15) is 0 Å². The maximum absolute atomic E-state index is 11.5. The number of carbonyl (C=O) groups is 1. The third kappa shape index (κ3) is 0.578. The largest absolute Gasteiger partial charge is 0.457 e. The Kier molecular flexibility index (Phi) is 0.859. The third-order valence-corrected chi connectivity index (χ3v) is 4.00. The van der Waals surface area contributed by atoms with E-state index >= 15 is 0 Å². The van der Waals surface area contributed by atoms with E-state index in [0.717, 1.165) is 0 Å². The Morgan fingerprint density at radius 2 is 1.69 bits per heavy atom. The van der Waals surface area contributed by atoms with Crippen molar-refractivity contribution in [1.29, 1.82) is 0 Å². The van der Waals surface area contributed by atoms with E-state index in [1.54, 1.807) is 0 Å². The van der Waals surface area contributed by atoms with Gasteiger partial charge in [0, 0.05) is 5.92 Å². The van der Waals surface area contributed by atoms with Crippen LogP contribution < -0.4 is 0 Å². The van der Waals surface area contributed by atoms with Gasteiger partial charge in [-0.15, -0.1) is 0 Å². The van der Waals surface area contributed by atoms with E-state index in [1.165, 1.54) is 0 Å². The van der Waals surface area contributed by atoms with Crippen molar-refractivity contribution in [3.8, 4) is 0 Å². The monoisotopic (exact) mass is 174 g/mol. The van der Waals surface area contributed by atoms with E-state index in [0.29, 0.717) is 23.7 Å². The van der Waals surface area contributed by atoms with E-state index in [-0.39, 0.29) is 18.0 Å². The lowest BCUT2D eigenvalue weighted by Crippen LogP contribution is -2.21. The zero-order chi connectivity index (χ0) is 8.58. The molecule has 66 valence electrons. The van der Waals surface area contributed by atoms with Crippen molar-refractivity contribution < 1.29 is 9.53 Å². The van der Waals surface area contributed by atoms with Crippen LogP contribution in [0.25, 0.3) is 0 Å². The van der Waals surface area contributed by atoms with Gasteiger partial charge in [0.15, 0.2) is 0 Å². The molecule has 1 saturated carbocycles. The predicted octanol–water partition coefficient (Wildman–Crippen LogP) is 1.15. The Bertz CT molecular complexity index is 355. The van der Waals surface area contributed by atoms with Gasteiger partial charge in [-0.1, -0.05) is 18.2 Å². The average Bonchev–Trinajstić information content (AvgIpc) is 2.72. The molecule has 2 nitrogen and oxygen atoms in total. The van der Waals surface area contributed by atoms with Gasteiger partial charge < -0.3 is 4.74 Å². The first-order valence-corrected chi connectivity index (χ1v) is 4.93. The minimum Gasteiger partial charge on any atom is -0.457 e. The first-order valence-electron chi connectivity index (χ1n) is 4.93. The molecule has 1 heterocycles. The standard InChI is InChI=1S/C11H10O2/c12-11-10-7-2-1-5-6(9(5)10)3-4-8(7)13-11/h1-10H/t5-,6-,7-,8+,9+,10-/m1/s1. The fourth-order valence-electron chi connectivity index (χ4n) is 3.33. The number of ether oxygens (including phenoxy) is 1. The molecule has 4 bridgehead atoms. The first kappa shape index (κ1) is 6.41. The molecule has 13 heavy (non-hydrogen) atoms. The van der Waals surface area contributed by atoms with Crippen molar-refractivity contribution in [2.24, 2.45) is 29.6 Å². The van der Waals surface area contributed by atoms with Crippen LogP contribution in [-0.4, -0.2) is 12.1 Å². The lowest BCUT2D eigenvalue weighted by molar-refractivity contribution is -0.143. The van der Waals surface area contributed by atoms with Crippen molar-refractivity contribution in [3.63, 3.8) is 0 Å². The number of hydrogen-bond donors (Lipinski definition) is 0. The second kappa shape index (κ2) is 1.74. The second-order valence-electron chi connectivity index (χ2n) is 4.51. The highest BCUT2D eigenvalue weighted by atomic mass is 16.6. The summed E-state index contributed by atoms with van der Waals surface area (Å²) in [7, 11) is 0. The molecule has 0 spiro atoms. The predicted molar refractivity (Wildman–Crippen MR) is 45.6 cm³/mol. The van der Waals surface area contributed by atoms with E-state index in [9.17, 15) is 4.79 Å². The van der Waals surface area contributed by atoms with Crippen molar-refractivity contribution in [2.45, 2.75) is 6.10 Å². The SMILES string of the molecule is O=C1O[C@H]2C=C[C@@H]3[C@H]4C=C[C@H]2[C@@H]1[C@@H]43. The number of rotatable bonds is 0. The van der Waals surface area contributed by atoms with Crippen LogP contribution >= 0.6 is 0 Å². The van der Waals surface area contributed by atoms with Crippen LogP contribution in [0, 0.1) is 29.6 Å². The molecule has 2 heteroatoms. The fraction of sp³-hybridized carbons (Fsp3) is 0.545. The van der Waals surface area contributed by atoms with Gasteiger partial charge >= 0.3 is 5.97 Å². The highest BCUT2D eigenvalue weighted by Crippen LogP contribution is 2.62. The summed E-state index contributed by atoms with van der Waals surface area (Å²) in [5, 5.41) is 0. The Hall–Kier alpha value is -1.05. The normalized spacial score (nSPS) is 58.9. The minimum absolute atomic E-state index is 0.0428. The van der Waals surface area contributed by atoms with Gasteiger partial charge in [-0.05, 0) is 23.8 Å². The molecule has 2 fully saturated rings. The van der Waals surface area contributed by atoms with Crippen molar-refractivity contribution in [2.75, 3.05) is 0 Å². The van der Waals surface area contributed by atoms with Crippen molar-refractivity contribution >= 4 is 5.97 Å². The number of esters is 1. The fourth-order valence-corrected chi connectivity index (χ4v) is 3.33. The molecule has 1 saturated heterocycles. The molecular formula is C11H10O2. The Balaban J connectivity index is 1.94. The summed E-state index contributed by atoms with van der Waals surface area (Å²) in [5.74, 6) is 2.43. The summed E-state index contributed by atoms with van der Waals surface area (Å²) in [6.45, 7) is 0. The van der Waals surface area contributed by atoms with E-state index in [2.05, 4.69) is 24.3 Å². The summed E-state index contributed by atoms with van der Waals surface area (Å²) < 4.78 is 5.32. The van der Waals surface area contributed by atoms with Crippen molar-refractivity contribution in [3.05, 3.63) is 24.3 Å². The van der Waals surface area contributed by atoms with E-state index in [1.807, 2.05) is 0 Å². The molecule has 3 aliphatic carbocycles. The van der Waals surface area contributed by atoms with Gasteiger partial charge in [-0.25, -0.2) is 0 Å². The molecule has 0 unspecified atom stereocenters. The summed E-state index contributed by atoms with van der Waals surface area (Å²) in [5.41, 5.74) is 0. The third-order valence-electron chi connectivity index (χ3n) is 4.00. The van der Waals surface area contributed by atoms with E-state index in [4.69, 9.17) is 4.74 Å². The lowest BCUT2D eigenvalue weighted by atomic mass is 9.83. The van der Waals surface area contributed by atoms with Crippen molar-refractivity contribution in [1.82, 2.24) is 0 Å².